The second-order valence-electron chi connectivity index (χ2n) is 4.69. The summed E-state index contributed by atoms with van der Waals surface area (Å²) in [4.78, 5) is 16.9. The van der Waals surface area contributed by atoms with Gasteiger partial charge in [0, 0.05) is 16.0 Å². The van der Waals surface area contributed by atoms with Crippen molar-refractivity contribution in [3.8, 4) is 11.3 Å². The van der Waals surface area contributed by atoms with Crippen molar-refractivity contribution < 1.29 is 9.21 Å². The van der Waals surface area contributed by atoms with Crippen LogP contribution in [0.4, 0.5) is 5.95 Å². The van der Waals surface area contributed by atoms with Gasteiger partial charge in [0.15, 0.2) is 5.76 Å². The molecule has 6 nitrogen and oxygen atoms in total. The van der Waals surface area contributed by atoms with E-state index in [4.69, 9.17) is 16.0 Å². The lowest BCUT2D eigenvalue weighted by atomic mass is 10.2. The smallest absolute Gasteiger partial charge is 0.293 e. The van der Waals surface area contributed by atoms with Crippen LogP contribution >= 0.6 is 22.9 Å². The van der Waals surface area contributed by atoms with E-state index in [1.165, 1.54) is 17.6 Å². The first-order valence-corrected chi connectivity index (χ1v) is 7.91. The molecule has 114 valence electrons. The van der Waals surface area contributed by atoms with Gasteiger partial charge in [0.25, 0.3) is 11.9 Å². The van der Waals surface area contributed by atoms with Gasteiger partial charge >= 0.3 is 0 Å². The normalized spacial score (nSPS) is 11.0. The van der Waals surface area contributed by atoms with Gasteiger partial charge in [-0.1, -0.05) is 23.7 Å². The van der Waals surface area contributed by atoms with Crippen LogP contribution in [0.1, 0.15) is 10.6 Å². The largest absolute Gasteiger partial charge is 0.459 e. The highest BCUT2D eigenvalue weighted by Crippen LogP contribution is 2.27. The number of thiazole rings is 1. The van der Waals surface area contributed by atoms with Gasteiger partial charge in [0.05, 0.1) is 12.0 Å². The Labute approximate surface area is 139 Å². The predicted octanol–water partition coefficient (Wildman–Crippen LogP) is 3.96. The molecule has 0 bridgehead atoms. The molecule has 0 fully saturated rings. The fourth-order valence-corrected chi connectivity index (χ4v) is 3.08. The number of amides is 1. The summed E-state index contributed by atoms with van der Waals surface area (Å²) in [6, 6.07) is 10.7. The van der Waals surface area contributed by atoms with Gasteiger partial charge in [-0.15, -0.1) is 16.4 Å². The Morgan fingerprint density at radius 1 is 1.26 bits per heavy atom. The maximum atomic E-state index is 12.0. The Hall–Kier alpha value is -2.64. The minimum Gasteiger partial charge on any atom is -0.459 e. The van der Waals surface area contributed by atoms with Crippen LogP contribution in [-0.4, -0.2) is 20.5 Å². The van der Waals surface area contributed by atoms with Crippen molar-refractivity contribution in [1.82, 2.24) is 14.6 Å². The van der Waals surface area contributed by atoms with Crippen LogP contribution < -0.4 is 5.32 Å². The van der Waals surface area contributed by atoms with Gasteiger partial charge in [0.2, 0.25) is 4.96 Å². The molecule has 0 aliphatic rings. The fourth-order valence-electron chi connectivity index (χ4n) is 2.12. The number of benzene rings is 1. The average Bonchev–Trinajstić information content (AvgIpc) is 3.24. The number of aromatic nitrogens is 3. The second kappa shape index (κ2) is 5.53. The van der Waals surface area contributed by atoms with Crippen molar-refractivity contribution in [1.29, 1.82) is 0 Å². The Balaban J connectivity index is 1.66. The number of hydrogen-bond acceptors (Lipinski definition) is 5. The summed E-state index contributed by atoms with van der Waals surface area (Å²) in [5.41, 5.74) is 1.85. The van der Waals surface area contributed by atoms with Crippen molar-refractivity contribution in [2.75, 3.05) is 5.32 Å². The molecule has 0 atom stereocenters. The summed E-state index contributed by atoms with van der Waals surface area (Å²) in [7, 11) is 0. The van der Waals surface area contributed by atoms with Crippen molar-refractivity contribution in [3.63, 3.8) is 0 Å². The molecule has 0 aliphatic carbocycles. The predicted molar refractivity (Wildman–Crippen MR) is 88.0 cm³/mol. The Morgan fingerprint density at radius 2 is 2.09 bits per heavy atom. The quantitative estimate of drug-likeness (QED) is 0.610. The summed E-state index contributed by atoms with van der Waals surface area (Å²) in [6.07, 6.45) is 1.44. The van der Waals surface area contributed by atoms with Crippen LogP contribution in [0.2, 0.25) is 5.02 Å². The summed E-state index contributed by atoms with van der Waals surface area (Å²) >= 11 is 7.35. The lowest BCUT2D eigenvalue weighted by Crippen LogP contribution is -2.12. The molecule has 0 aliphatic heterocycles. The van der Waals surface area contributed by atoms with Crippen LogP contribution in [0.3, 0.4) is 0 Å². The van der Waals surface area contributed by atoms with Crippen molar-refractivity contribution in [3.05, 3.63) is 58.8 Å². The van der Waals surface area contributed by atoms with E-state index >= 15 is 0 Å². The number of fused-ring (bicyclic) bond motifs is 1. The maximum Gasteiger partial charge on any atom is 0.293 e. The molecule has 0 saturated heterocycles. The molecule has 4 rings (SSSR count). The topological polar surface area (TPSA) is 72.4 Å². The third kappa shape index (κ3) is 2.60. The molecule has 1 N–H and O–H groups in total. The van der Waals surface area contributed by atoms with Crippen LogP contribution in [0.25, 0.3) is 16.2 Å². The zero-order valence-electron chi connectivity index (χ0n) is 11.6. The van der Waals surface area contributed by atoms with Gasteiger partial charge in [-0.3, -0.25) is 10.1 Å². The monoisotopic (exact) mass is 344 g/mol. The highest BCUT2D eigenvalue weighted by Gasteiger charge is 2.15. The number of carbonyl (C=O) groups excluding carboxylic acids is 1. The van der Waals surface area contributed by atoms with Crippen LogP contribution in [0.15, 0.2) is 52.5 Å². The van der Waals surface area contributed by atoms with E-state index in [0.29, 0.717) is 9.98 Å². The van der Waals surface area contributed by atoms with E-state index < -0.39 is 0 Å². The number of anilines is 1. The molecule has 8 heteroatoms. The fraction of sp³-hybridized carbons (Fsp3) is 0. The minimum absolute atomic E-state index is 0.209. The van der Waals surface area contributed by atoms with E-state index in [9.17, 15) is 4.79 Å². The number of furan rings is 1. The number of hydrogen-bond donors (Lipinski definition) is 1. The Kier molecular flexibility index (Phi) is 3.36. The van der Waals surface area contributed by atoms with E-state index in [1.54, 1.807) is 16.6 Å². The molecule has 0 radical (unpaired) electrons. The molecule has 1 aromatic carbocycles. The number of halogens is 1. The Morgan fingerprint density at radius 3 is 2.83 bits per heavy atom. The number of nitrogens with zero attached hydrogens (tertiary/aromatic N) is 3. The van der Waals surface area contributed by atoms with E-state index in [2.05, 4.69) is 15.4 Å². The van der Waals surface area contributed by atoms with Crippen LogP contribution in [0, 0.1) is 0 Å². The van der Waals surface area contributed by atoms with Crippen LogP contribution in [-0.2, 0) is 0 Å². The summed E-state index contributed by atoms with van der Waals surface area (Å²) < 4.78 is 6.73. The van der Waals surface area contributed by atoms with E-state index in [1.807, 2.05) is 29.6 Å². The van der Waals surface area contributed by atoms with Crippen molar-refractivity contribution >= 4 is 39.8 Å². The van der Waals surface area contributed by atoms with Gasteiger partial charge in [-0.2, -0.15) is 4.98 Å². The number of carbonyl (C=O) groups is 1. The van der Waals surface area contributed by atoms with Gasteiger partial charge in [-0.05, 0) is 24.3 Å². The van der Waals surface area contributed by atoms with Crippen molar-refractivity contribution in [2.24, 2.45) is 0 Å². The molecule has 1 amide bonds. The standard InChI is InChI=1S/C15H9ClN4O2S/c16-10-5-3-9(4-6-10)11-8-23-15-18-14(19-20(11)15)17-13(21)12-2-1-7-22-12/h1-8H,(H,17,19,21). The molecule has 23 heavy (non-hydrogen) atoms. The SMILES string of the molecule is O=C(Nc1nc2scc(-c3ccc(Cl)cc3)n2n1)c1ccco1. The zero-order valence-corrected chi connectivity index (χ0v) is 13.1. The third-order valence-corrected chi connectivity index (χ3v) is 4.26. The van der Waals surface area contributed by atoms with E-state index in [-0.39, 0.29) is 17.6 Å². The molecular formula is C15H9ClN4O2S. The first kappa shape index (κ1) is 14.0. The van der Waals surface area contributed by atoms with Crippen molar-refractivity contribution in [2.45, 2.75) is 0 Å². The van der Waals surface area contributed by atoms with E-state index in [0.717, 1.165) is 11.3 Å². The zero-order chi connectivity index (χ0) is 15.8. The summed E-state index contributed by atoms with van der Waals surface area (Å²) in [5.74, 6) is 0.0517. The lowest BCUT2D eigenvalue weighted by Gasteiger charge is -1.99. The first-order valence-electron chi connectivity index (χ1n) is 6.66. The number of rotatable bonds is 3. The molecule has 0 unspecified atom stereocenters. The first-order chi connectivity index (χ1) is 11.2. The lowest BCUT2D eigenvalue weighted by molar-refractivity contribution is 0.0996. The highest BCUT2D eigenvalue weighted by atomic mass is 35.5. The minimum atomic E-state index is -0.388. The molecule has 0 spiro atoms. The molecular weight excluding hydrogens is 336 g/mol. The maximum absolute atomic E-state index is 12.0. The van der Waals surface area contributed by atoms with Crippen LogP contribution in [0.5, 0.6) is 0 Å². The molecule has 0 saturated carbocycles. The molecule has 3 heterocycles. The summed E-state index contributed by atoms with van der Waals surface area (Å²) in [5, 5.41) is 9.57. The third-order valence-electron chi connectivity index (χ3n) is 3.19. The molecule has 3 aromatic heterocycles. The second-order valence-corrected chi connectivity index (χ2v) is 5.96. The van der Waals surface area contributed by atoms with Gasteiger partial charge < -0.3 is 4.42 Å². The summed E-state index contributed by atoms with van der Waals surface area (Å²) in [6.45, 7) is 0. The molecule has 4 aromatic rings. The highest BCUT2D eigenvalue weighted by molar-refractivity contribution is 7.15. The van der Waals surface area contributed by atoms with Gasteiger partial charge in [-0.25, -0.2) is 4.52 Å². The van der Waals surface area contributed by atoms with Gasteiger partial charge in [0.1, 0.15) is 0 Å². The Bertz CT molecular complexity index is 973. The average molecular weight is 345 g/mol. The number of nitrogens with one attached hydrogen (secondary N) is 1.